The summed E-state index contributed by atoms with van der Waals surface area (Å²) in [6.45, 7) is 3.46. The van der Waals surface area contributed by atoms with Gasteiger partial charge in [0.15, 0.2) is 5.69 Å². The van der Waals surface area contributed by atoms with Gasteiger partial charge in [-0.15, -0.1) is 0 Å². The SMILES string of the molecule is CCCc1cc(C(=O)O)nn1-c1cccc(NC(C)=O)c1. The Kier molecular flexibility index (Phi) is 4.37. The number of carboxylic acids is 1. The van der Waals surface area contributed by atoms with Gasteiger partial charge in [0.05, 0.1) is 5.69 Å². The second-order valence-corrected chi connectivity index (χ2v) is 4.72. The summed E-state index contributed by atoms with van der Waals surface area (Å²) in [7, 11) is 0. The molecule has 21 heavy (non-hydrogen) atoms. The van der Waals surface area contributed by atoms with Crippen molar-refractivity contribution in [3.05, 3.63) is 41.7 Å². The van der Waals surface area contributed by atoms with Crippen LogP contribution in [-0.4, -0.2) is 26.8 Å². The van der Waals surface area contributed by atoms with Crippen molar-refractivity contribution in [2.24, 2.45) is 0 Å². The number of rotatable bonds is 5. The zero-order chi connectivity index (χ0) is 15.4. The summed E-state index contributed by atoms with van der Waals surface area (Å²) in [6.07, 6.45) is 1.61. The van der Waals surface area contributed by atoms with Crippen LogP contribution in [0.4, 0.5) is 5.69 Å². The Balaban J connectivity index is 2.44. The Labute approximate surface area is 122 Å². The maximum atomic E-state index is 11.1. The van der Waals surface area contributed by atoms with Crippen molar-refractivity contribution < 1.29 is 14.7 Å². The van der Waals surface area contributed by atoms with Crippen molar-refractivity contribution >= 4 is 17.6 Å². The maximum absolute atomic E-state index is 11.1. The molecular formula is C15H17N3O3. The average molecular weight is 287 g/mol. The van der Waals surface area contributed by atoms with Gasteiger partial charge in [-0.2, -0.15) is 5.10 Å². The van der Waals surface area contributed by atoms with Gasteiger partial charge in [0.25, 0.3) is 0 Å². The number of hydrogen-bond acceptors (Lipinski definition) is 3. The van der Waals surface area contributed by atoms with Gasteiger partial charge < -0.3 is 10.4 Å². The molecule has 110 valence electrons. The molecule has 2 N–H and O–H groups in total. The topological polar surface area (TPSA) is 84.2 Å². The summed E-state index contributed by atoms with van der Waals surface area (Å²) in [4.78, 5) is 22.2. The number of anilines is 1. The third kappa shape index (κ3) is 3.47. The van der Waals surface area contributed by atoms with Gasteiger partial charge >= 0.3 is 5.97 Å². The number of carbonyl (C=O) groups excluding carboxylic acids is 1. The van der Waals surface area contributed by atoms with E-state index >= 15 is 0 Å². The van der Waals surface area contributed by atoms with E-state index in [1.165, 1.54) is 6.92 Å². The molecule has 1 aromatic heterocycles. The highest BCUT2D eigenvalue weighted by molar-refractivity contribution is 5.89. The van der Waals surface area contributed by atoms with E-state index in [1.54, 1.807) is 28.9 Å². The molecule has 0 unspecified atom stereocenters. The zero-order valence-corrected chi connectivity index (χ0v) is 12.0. The Morgan fingerprint density at radius 2 is 2.10 bits per heavy atom. The molecule has 0 atom stereocenters. The minimum absolute atomic E-state index is 0.0170. The van der Waals surface area contributed by atoms with E-state index in [9.17, 15) is 9.59 Å². The van der Waals surface area contributed by atoms with Crippen molar-refractivity contribution in [1.29, 1.82) is 0 Å². The number of benzene rings is 1. The van der Waals surface area contributed by atoms with E-state index in [0.717, 1.165) is 24.2 Å². The van der Waals surface area contributed by atoms with Crippen LogP contribution in [0.5, 0.6) is 0 Å². The van der Waals surface area contributed by atoms with Gasteiger partial charge in [0.1, 0.15) is 0 Å². The molecule has 0 bridgehead atoms. The summed E-state index contributed by atoms with van der Waals surface area (Å²) < 4.78 is 1.61. The molecule has 6 heteroatoms. The van der Waals surface area contributed by atoms with E-state index in [2.05, 4.69) is 10.4 Å². The lowest BCUT2D eigenvalue weighted by Crippen LogP contribution is -2.08. The quantitative estimate of drug-likeness (QED) is 0.884. The first-order chi connectivity index (χ1) is 10.0. The molecule has 1 aromatic carbocycles. The van der Waals surface area contributed by atoms with Crippen LogP contribution in [0.15, 0.2) is 30.3 Å². The molecule has 0 fully saturated rings. The monoisotopic (exact) mass is 287 g/mol. The standard InChI is InChI=1S/C15H17N3O3/c1-3-5-12-9-14(15(20)21)17-18(12)13-7-4-6-11(8-13)16-10(2)19/h4,6-9H,3,5H2,1-2H3,(H,16,19)(H,20,21). The fourth-order valence-electron chi connectivity index (χ4n) is 2.10. The Morgan fingerprint density at radius 3 is 2.71 bits per heavy atom. The molecule has 2 aromatic rings. The minimum Gasteiger partial charge on any atom is -0.476 e. The fraction of sp³-hybridized carbons (Fsp3) is 0.267. The number of hydrogen-bond donors (Lipinski definition) is 2. The predicted octanol–water partition coefficient (Wildman–Crippen LogP) is 2.48. The zero-order valence-electron chi connectivity index (χ0n) is 12.0. The second-order valence-electron chi connectivity index (χ2n) is 4.72. The van der Waals surface area contributed by atoms with Gasteiger partial charge in [-0.3, -0.25) is 4.79 Å². The molecule has 0 saturated heterocycles. The number of amides is 1. The molecule has 6 nitrogen and oxygen atoms in total. The highest BCUT2D eigenvalue weighted by Gasteiger charge is 2.14. The molecule has 0 saturated carbocycles. The Hall–Kier alpha value is -2.63. The third-order valence-electron chi connectivity index (χ3n) is 2.92. The number of carbonyl (C=O) groups is 2. The lowest BCUT2D eigenvalue weighted by molar-refractivity contribution is -0.114. The first-order valence-corrected chi connectivity index (χ1v) is 6.71. The first kappa shape index (κ1) is 14.8. The fourth-order valence-corrected chi connectivity index (χ4v) is 2.10. The molecular weight excluding hydrogens is 270 g/mol. The van der Waals surface area contributed by atoms with Crippen LogP contribution in [0.2, 0.25) is 0 Å². The van der Waals surface area contributed by atoms with Crippen molar-refractivity contribution in [2.45, 2.75) is 26.7 Å². The number of carboxylic acid groups (broad SMARTS) is 1. The molecule has 2 rings (SSSR count). The molecule has 1 heterocycles. The van der Waals surface area contributed by atoms with Crippen LogP contribution in [0.3, 0.4) is 0 Å². The van der Waals surface area contributed by atoms with Crippen LogP contribution < -0.4 is 5.32 Å². The lowest BCUT2D eigenvalue weighted by Gasteiger charge is -2.09. The predicted molar refractivity (Wildman–Crippen MR) is 78.8 cm³/mol. The van der Waals surface area contributed by atoms with E-state index in [0.29, 0.717) is 5.69 Å². The van der Waals surface area contributed by atoms with Crippen molar-refractivity contribution in [1.82, 2.24) is 9.78 Å². The van der Waals surface area contributed by atoms with Gasteiger partial charge in [-0.1, -0.05) is 19.4 Å². The second kappa shape index (κ2) is 6.21. The van der Waals surface area contributed by atoms with Gasteiger partial charge in [-0.05, 0) is 30.7 Å². The van der Waals surface area contributed by atoms with E-state index in [1.807, 2.05) is 13.0 Å². The smallest absolute Gasteiger partial charge is 0.356 e. The molecule has 0 aliphatic rings. The minimum atomic E-state index is -1.05. The van der Waals surface area contributed by atoms with E-state index in [-0.39, 0.29) is 11.6 Å². The maximum Gasteiger partial charge on any atom is 0.356 e. The van der Waals surface area contributed by atoms with Crippen molar-refractivity contribution in [2.75, 3.05) is 5.32 Å². The summed E-state index contributed by atoms with van der Waals surface area (Å²) in [5, 5.41) is 15.9. The van der Waals surface area contributed by atoms with Gasteiger partial charge in [-0.25, -0.2) is 9.48 Å². The number of aromatic nitrogens is 2. The largest absolute Gasteiger partial charge is 0.476 e. The number of aromatic carboxylic acids is 1. The summed E-state index contributed by atoms with van der Waals surface area (Å²) >= 11 is 0. The van der Waals surface area contributed by atoms with Crippen molar-refractivity contribution in [3.8, 4) is 5.69 Å². The van der Waals surface area contributed by atoms with Gasteiger partial charge in [0.2, 0.25) is 5.91 Å². The van der Waals surface area contributed by atoms with Crippen LogP contribution in [0.25, 0.3) is 5.69 Å². The summed E-state index contributed by atoms with van der Waals surface area (Å²) in [5.74, 6) is -1.21. The molecule has 0 radical (unpaired) electrons. The Morgan fingerprint density at radius 1 is 1.33 bits per heavy atom. The molecule has 1 amide bonds. The summed E-state index contributed by atoms with van der Waals surface area (Å²) in [6, 6.07) is 8.73. The van der Waals surface area contributed by atoms with E-state index < -0.39 is 5.97 Å². The highest BCUT2D eigenvalue weighted by Crippen LogP contribution is 2.18. The molecule has 0 aliphatic carbocycles. The van der Waals surface area contributed by atoms with Crippen LogP contribution >= 0.6 is 0 Å². The number of nitrogens with one attached hydrogen (secondary N) is 1. The third-order valence-corrected chi connectivity index (χ3v) is 2.92. The van der Waals surface area contributed by atoms with Crippen LogP contribution in [0, 0.1) is 0 Å². The highest BCUT2D eigenvalue weighted by atomic mass is 16.4. The number of nitrogens with zero attached hydrogens (tertiary/aromatic N) is 2. The Bertz CT molecular complexity index is 677. The lowest BCUT2D eigenvalue weighted by atomic mass is 10.2. The normalized spacial score (nSPS) is 10.4. The van der Waals surface area contributed by atoms with Crippen LogP contribution in [-0.2, 0) is 11.2 Å². The molecule has 0 aliphatic heterocycles. The van der Waals surface area contributed by atoms with Crippen LogP contribution in [0.1, 0.15) is 36.5 Å². The van der Waals surface area contributed by atoms with Crippen molar-refractivity contribution in [3.63, 3.8) is 0 Å². The number of aryl methyl sites for hydroxylation is 1. The first-order valence-electron chi connectivity index (χ1n) is 6.71. The molecule has 0 spiro atoms. The van der Waals surface area contributed by atoms with Gasteiger partial charge in [0, 0.05) is 18.3 Å². The summed E-state index contributed by atoms with van der Waals surface area (Å²) in [5.41, 5.74) is 2.21. The average Bonchev–Trinajstić information content (AvgIpc) is 2.83. The van der Waals surface area contributed by atoms with E-state index in [4.69, 9.17) is 5.11 Å².